The summed E-state index contributed by atoms with van der Waals surface area (Å²) >= 11 is 0. The number of aromatic nitrogens is 2. The van der Waals surface area contributed by atoms with Gasteiger partial charge in [-0.05, 0) is 0 Å². The van der Waals surface area contributed by atoms with Gasteiger partial charge < -0.3 is 15.5 Å². The van der Waals surface area contributed by atoms with Crippen LogP contribution in [0.4, 0.5) is 5.69 Å². The molecule has 0 radical (unpaired) electrons. The number of carbonyl (C=O) groups is 1. The van der Waals surface area contributed by atoms with Gasteiger partial charge in [0, 0.05) is 0 Å². The summed E-state index contributed by atoms with van der Waals surface area (Å²) in [6, 6.07) is 0. The molecule has 1 amide bonds. The Morgan fingerprint density at radius 2 is 2.15 bits per heavy atom. The van der Waals surface area contributed by atoms with E-state index in [0.29, 0.717) is 12.1 Å². The molecule has 1 unspecified atom stereocenters. The average molecular weight is 183 g/mol. The highest BCUT2D eigenvalue weighted by Crippen LogP contribution is 2.07. The second-order valence-electron chi connectivity index (χ2n) is 2.29. The monoisotopic (exact) mass is 183 g/mol. The summed E-state index contributed by atoms with van der Waals surface area (Å²) in [5.74, 6) is 0.124. The zero-order chi connectivity index (χ0) is 9.68. The van der Waals surface area contributed by atoms with E-state index in [-0.39, 0.29) is 5.82 Å². The number of nitrogens with one attached hydrogen (secondary N) is 1. The second kappa shape index (κ2) is 4.48. The topological polar surface area (TPSA) is 95.3 Å². The van der Waals surface area contributed by atoms with Crippen LogP contribution in [-0.2, 0) is 4.79 Å². The van der Waals surface area contributed by atoms with Crippen LogP contribution in [-0.4, -0.2) is 33.2 Å². The maximum Gasteiger partial charge on any atom is 0.211 e. The minimum absolute atomic E-state index is 0.124. The molecule has 1 aromatic heterocycles. The maximum absolute atomic E-state index is 9.99. The van der Waals surface area contributed by atoms with Gasteiger partial charge in [-0.15, -0.1) is 0 Å². The van der Waals surface area contributed by atoms with E-state index < -0.39 is 12.7 Å². The molecule has 1 rings (SSSR count). The molecule has 13 heavy (non-hydrogen) atoms. The Kier molecular flexibility index (Phi) is 3.30. The molecular formula is C7H9N3O3. The fraction of sp³-hybridized carbons (Fsp3) is 0.286. The summed E-state index contributed by atoms with van der Waals surface area (Å²) < 4.78 is 0. The number of amides is 1. The molecule has 0 aliphatic heterocycles. The Labute approximate surface area is 74.3 Å². The normalized spacial score (nSPS) is 12.2. The van der Waals surface area contributed by atoms with Crippen LogP contribution in [0, 0.1) is 0 Å². The molecule has 0 bridgehead atoms. The molecule has 0 saturated heterocycles. The molecule has 1 heterocycles. The fourth-order valence-electron chi connectivity index (χ4n) is 0.734. The first-order chi connectivity index (χ1) is 6.27. The van der Waals surface area contributed by atoms with Crippen LogP contribution in [0.5, 0.6) is 0 Å². The third-order valence-corrected chi connectivity index (χ3v) is 1.37. The van der Waals surface area contributed by atoms with Crippen LogP contribution in [0.25, 0.3) is 0 Å². The van der Waals surface area contributed by atoms with Gasteiger partial charge in [0.05, 0.1) is 24.7 Å². The Morgan fingerprint density at radius 3 is 2.62 bits per heavy atom. The molecular weight excluding hydrogens is 174 g/mol. The van der Waals surface area contributed by atoms with E-state index >= 15 is 0 Å². The van der Waals surface area contributed by atoms with E-state index in [1.807, 2.05) is 0 Å². The van der Waals surface area contributed by atoms with Gasteiger partial charge in [0.15, 0.2) is 5.82 Å². The van der Waals surface area contributed by atoms with Crippen molar-refractivity contribution in [3.05, 3.63) is 18.2 Å². The van der Waals surface area contributed by atoms with Crippen molar-refractivity contribution in [2.24, 2.45) is 0 Å². The first-order valence-electron chi connectivity index (χ1n) is 3.59. The molecule has 0 aliphatic carbocycles. The summed E-state index contributed by atoms with van der Waals surface area (Å²) in [6.45, 7) is -0.430. The van der Waals surface area contributed by atoms with Gasteiger partial charge in [-0.25, -0.2) is 9.97 Å². The summed E-state index contributed by atoms with van der Waals surface area (Å²) in [5.41, 5.74) is 0.434. The largest absolute Gasteiger partial charge is 0.393 e. The van der Waals surface area contributed by atoms with E-state index in [9.17, 15) is 4.79 Å². The van der Waals surface area contributed by atoms with Crippen molar-refractivity contribution in [2.75, 3.05) is 11.9 Å². The van der Waals surface area contributed by atoms with Gasteiger partial charge in [-0.1, -0.05) is 0 Å². The summed E-state index contributed by atoms with van der Waals surface area (Å²) in [4.78, 5) is 17.4. The number of aliphatic hydroxyl groups is 2. The number of carbonyl (C=O) groups excluding carboxylic acids is 1. The van der Waals surface area contributed by atoms with E-state index in [0.717, 1.165) is 0 Å². The van der Waals surface area contributed by atoms with Crippen molar-refractivity contribution in [3.63, 3.8) is 0 Å². The second-order valence-corrected chi connectivity index (χ2v) is 2.29. The van der Waals surface area contributed by atoms with E-state index in [1.54, 1.807) is 0 Å². The standard InChI is InChI=1S/C7H9N3O3/c11-3-6(13)7-8-1-5(2-9-7)10-4-12/h1-2,4,6,11,13H,3H2,(H,10,12). The van der Waals surface area contributed by atoms with Crippen LogP contribution in [0.3, 0.4) is 0 Å². The highest BCUT2D eigenvalue weighted by molar-refractivity contribution is 5.69. The lowest BCUT2D eigenvalue weighted by molar-refractivity contribution is -0.105. The average Bonchev–Trinajstić information content (AvgIpc) is 2.18. The number of aliphatic hydroxyl groups excluding tert-OH is 2. The van der Waals surface area contributed by atoms with Crippen LogP contribution in [0.2, 0.25) is 0 Å². The van der Waals surface area contributed by atoms with Crippen molar-refractivity contribution in [1.82, 2.24) is 9.97 Å². The van der Waals surface area contributed by atoms with E-state index in [4.69, 9.17) is 10.2 Å². The number of hydrogen-bond donors (Lipinski definition) is 3. The Morgan fingerprint density at radius 1 is 1.54 bits per heavy atom. The van der Waals surface area contributed by atoms with Crippen molar-refractivity contribution in [1.29, 1.82) is 0 Å². The van der Waals surface area contributed by atoms with Crippen LogP contribution >= 0.6 is 0 Å². The Balaban J connectivity index is 2.74. The SMILES string of the molecule is O=CNc1cnc(C(O)CO)nc1. The quantitative estimate of drug-likeness (QED) is 0.524. The van der Waals surface area contributed by atoms with Crippen molar-refractivity contribution >= 4 is 12.1 Å². The maximum atomic E-state index is 9.99. The molecule has 1 aromatic rings. The third kappa shape index (κ3) is 2.46. The smallest absolute Gasteiger partial charge is 0.211 e. The Hall–Kier alpha value is -1.53. The summed E-state index contributed by atoms with van der Waals surface area (Å²) in [6.07, 6.45) is 2.11. The molecule has 70 valence electrons. The highest BCUT2D eigenvalue weighted by Gasteiger charge is 2.07. The van der Waals surface area contributed by atoms with Gasteiger partial charge in [-0.3, -0.25) is 4.79 Å². The number of rotatable bonds is 4. The first kappa shape index (κ1) is 9.56. The van der Waals surface area contributed by atoms with Crippen molar-refractivity contribution in [2.45, 2.75) is 6.10 Å². The number of anilines is 1. The van der Waals surface area contributed by atoms with Gasteiger partial charge in [0.2, 0.25) is 6.41 Å². The number of hydrogen-bond acceptors (Lipinski definition) is 5. The lowest BCUT2D eigenvalue weighted by Crippen LogP contribution is -2.08. The molecule has 1 atom stereocenters. The van der Waals surface area contributed by atoms with Crippen LogP contribution in [0.15, 0.2) is 12.4 Å². The highest BCUT2D eigenvalue weighted by atomic mass is 16.3. The minimum atomic E-state index is -1.08. The zero-order valence-corrected chi connectivity index (χ0v) is 6.71. The minimum Gasteiger partial charge on any atom is -0.393 e. The third-order valence-electron chi connectivity index (χ3n) is 1.37. The predicted octanol–water partition coefficient (Wildman–Crippen LogP) is -0.929. The predicted molar refractivity (Wildman–Crippen MR) is 43.8 cm³/mol. The van der Waals surface area contributed by atoms with E-state index in [2.05, 4.69) is 15.3 Å². The van der Waals surface area contributed by atoms with Gasteiger partial charge in [-0.2, -0.15) is 0 Å². The molecule has 0 aliphatic rings. The van der Waals surface area contributed by atoms with Crippen molar-refractivity contribution in [3.8, 4) is 0 Å². The summed E-state index contributed by atoms with van der Waals surface area (Å²) in [5, 5.41) is 20.0. The molecule has 6 heteroatoms. The van der Waals surface area contributed by atoms with Crippen molar-refractivity contribution < 1.29 is 15.0 Å². The number of nitrogens with zero attached hydrogens (tertiary/aromatic N) is 2. The van der Waals surface area contributed by atoms with Crippen LogP contribution in [0.1, 0.15) is 11.9 Å². The molecule has 0 saturated carbocycles. The molecule has 6 nitrogen and oxygen atoms in total. The fourth-order valence-corrected chi connectivity index (χ4v) is 0.734. The molecule has 3 N–H and O–H groups in total. The zero-order valence-electron chi connectivity index (χ0n) is 6.71. The molecule has 0 fully saturated rings. The lowest BCUT2D eigenvalue weighted by Gasteiger charge is -2.04. The first-order valence-corrected chi connectivity index (χ1v) is 3.59. The Bertz CT molecular complexity index is 275. The van der Waals surface area contributed by atoms with Gasteiger partial charge >= 0.3 is 0 Å². The van der Waals surface area contributed by atoms with E-state index in [1.165, 1.54) is 12.4 Å². The molecule has 0 aromatic carbocycles. The molecule has 0 spiro atoms. The van der Waals surface area contributed by atoms with Gasteiger partial charge in [0.25, 0.3) is 0 Å². The lowest BCUT2D eigenvalue weighted by atomic mass is 10.3. The van der Waals surface area contributed by atoms with Crippen LogP contribution < -0.4 is 5.32 Å². The summed E-state index contributed by atoms with van der Waals surface area (Å²) in [7, 11) is 0. The van der Waals surface area contributed by atoms with Gasteiger partial charge in [0.1, 0.15) is 6.10 Å².